The van der Waals surface area contributed by atoms with Gasteiger partial charge in [0.25, 0.3) is 0 Å². The van der Waals surface area contributed by atoms with Crippen LogP contribution in [0, 0.1) is 5.92 Å². The molecule has 2 aliphatic rings. The lowest BCUT2D eigenvalue weighted by molar-refractivity contribution is -0.127. The third-order valence-corrected chi connectivity index (χ3v) is 4.94. The molecule has 0 aromatic carbocycles. The summed E-state index contributed by atoms with van der Waals surface area (Å²) in [5.74, 6) is 1.10. The van der Waals surface area contributed by atoms with Crippen molar-refractivity contribution >= 4 is 5.91 Å². The van der Waals surface area contributed by atoms with Crippen molar-refractivity contribution in [3.8, 4) is 5.88 Å². The van der Waals surface area contributed by atoms with Crippen molar-refractivity contribution < 1.29 is 9.53 Å². The minimum Gasteiger partial charge on any atom is -0.474 e. The number of ether oxygens (including phenoxy) is 1. The van der Waals surface area contributed by atoms with E-state index in [4.69, 9.17) is 4.74 Å². The highest BCUT2D eigenvalue weighted by molar-refractivity contribution is 5.79. The number of carbonyl (C=O) groups is 1. The van der Waals surface area contributed by atoms with Gasteiger partial charge in [-0.25, -0.2) is 4.98 Å². The Hall–Kier alpha value is -1.62. The summed E-state index contributed by atoms with van der Waals surface area (Å²) >= 11 is 0. The first-order valence-electron chi connectivity index (χ1n) is 8.77. The first kappa shape index (κ1) is 16.2. The average Bonchev–Trinajstić information content (AvgIpc) is 2.57. The van der Waals surface area contributed by atoms with Gasteiger partial charge in [0.2, 0.25) is 11.8 Å². The summed E-state index contributed by atoms with van der Waals surface area (Å²) in [6.45, 7) is 2.00. The molecule has 1 amide bonds. The molecular weight excluding hydrogens is 290 g/mol. The van der Waals surface area contributed by atoms with E-state index < -0.39 is 0 Å². The van der Waals surface area contributed by atoms with Crippen molar-refractivity contribution in [2.45, 2.75) is 50.7 Å². The Morgan fingerprint density at radius 2 is 2.09 bits per heavy atom. The molecule has 1 aliphatic carbocycles. The lowest BCUT2D eigenvalue weighted by atomic mass is 9.91. The predicted molar refractivity (Wildman–Crippen MR) is 89.3 cm³/mol. The van der Waals surface area contributed by atoms with Gasteiger partial charge in [-0.1, -0.05) is 6.07 Å². The van der Waals surface area contributed by atoms with E-state index in [1.54, 1.807) is 6.20 Å². The smallest absolute Gasteiger partial charge is 0.224 e. The normalized spacial score (nSPS) is 29.0. The van der Waals surface area contributed by atoms with Crippen LogP contribution in [-0.2, 0) is 4.79 Å². The van der Waals surface area contributed by atoms with Crippen molar-refractivity contribution in [1.82, 2.24) is 15.2 Å². The fourth-order valence-corrected chi connectivity index (χ4v) is 3.61. The Balaban J connectivity index is 1.41. The first-order chi connectivity index (χ1) is 11.2. The molecule has 1 aliphatic heterocycles. The van der Waals surface area contributed by atoms with E-state index >= 15 is 0 Å². The monoisotopic (exact) mass is 317 g/mol. The molecule has 0 radical (unpaired) electrons. The molecule has 1 saturated heterocycles. The molecule has 126 valence electrons. The summed E-state index contributed by atoms with van der Waals surface area (Å²) < 4.78 is 5.91. The third-order valence-electron chi connectivity index (χ3n) is 4.94. The summed E-state index contributed by atoms with van der Waals surface area (Å²) in [5.41, 5.74) is 0. The van der Waals surface area contributed by atoms with Crippen molar-refractivity contribution in [1.29, 1.82) is 0 Å². The summed E-state index contributed by atoms with van der Waals surface area (Å²) in [6, 6.07) is 6.03. The number of pyridine rings is 1. The molecule has 3 rings (SSSR count). The molecule has 1 saturated carbocycles. The standard InChI is InChI=1S/C18H27N3O2/c1-21-12-4-5-14(13-21)18(22)20-15-7-9-16(10-8-15)23-17-6-2-3-11-19-17/h2-3,6,11,14-16H,4-5,7-10,12-13H2,1H3,(H,20,22). The zero-order valence-electron chi connectivity index (χ0n) is 13.9. The molecule has 5 nitrogen and oxygen atoms in total. The molecule has 0 bridgehead atoms. The second-order valence-electron chi connectivity index (χ2n) is 6.87. The molecule has 0 spiro atoms. The van der Waals surface area contributed by atoms with Crippen molar-refractivity contribution in [3.63, 3.8) is 0 Å². The molecule has 1 atom stereocenters. The van der Waals surface area contributed by atoms with Crippen molar-refractivity contribution in [3.05, 3.63) is 24.4 Å². The van der Waals surface area contributed by atoms with E-state index in [-0.39, 0.29) is 17.9 Å². The van der Waals surface area contributed by atoms with Crippen LogP contribution in [0.2, 0.25) is 0 Å². The highest BCUT2D eigenvalue weighted by Gasteiger charge is 2.28. The fraction of sp³-hybridized carbons (Fsp3) is 0.667. The number of hydrogen-bond acceptors (Lipinski definition) is 4. The maximum absolute atomic E-state index is 12.4. The average molecular weight is 317 g/mol. The molecule has 23 heavy (non-hydrogen) atoms. The molecule has 1 unspecified atom stereocenters. The number of carbonyl (C=O) groups excluding carboxylic acids is 1. The number of likely N-dealkylation sites (tertiary alicyclic amines) is 1. The van der Waals surface area contributed by atoms with E-state index in [1.807, 2.05) is 18.2 Å². The van der Waals surface area contributed by atoms with Gasteiger partial charge < -0.3 is 15.0 Å². The fourth-order valence-electron chi connectivity index (χ4n) is 3.61. The van der Waals surface area contributed by atoms with Crippen LogP contribution in [0.15, 0.2) is 24.4 Å². The van der Waals surface area contributed by atoms with Gasteiger partial charge in [0.1, 0.15) is 6.10 Å². The van der Waals surface area contributed by atoms with Crippen LogP contribution in [0.1, 0.15) is 38.5 Å². The second-order valence-corrected chi connectivity index (χ2v) is 6.87. The maximum atomic E-state index is 12.4. The van der Waals surface area contributed by atoms with Crippen LogP contribution in [0.5, 0.6) is 5.88 Å². The molecular formula is C18H27N3O2. The van der Waals surface area contributed by atoms with Gasteiger partial charge in [0.05, 0.1) is 5.92 Å². The number of piperidine rings is 1. The molecule has 1 N–H and O–H groups in total. The number of nitrogens with zero attached hydrogens (tertiary/aromatic N) is 2. The zero-order valence-corrected chi connectivity index (χ0v) is 13.9. The second kappa shape index (κ2) is 7.77. The van der Waals surface area contributed by atoms with Crippen LogP contribution in [0.25, 0.3) is 0 Å². The topological polar surface area (TPSA) is 54.5 Å². The summed E-state index contributed by atoms with van der Waals surface area (Å²) in [5, 5.41) is 3.26. The van der Waals surface area contributed by atoms with Gasteiger partial charge in [0, 0.05) is 24.8 Å². The number of nitrogens with one attached hydrogen (secondary N) is 1. The zero-order chi connectivity index (χ0) is 16.1. The molecule has 2 heterocycles. The number of rotatable bonds is 4. The van der Waals surface area contributed by atoms with E-state index in [0.29, 0.717) is 11.9 Å². The lowest BCUT2D eigenvalue weighted by Gasteiger charge is -2.32. The summed E-state index contributed by atoms with van der Waals surface area (Å²) in [7, 11) is 2.10. The molecule has 1 aromatic rings. The summed E-state index contributed by atoms with van der Waals surface area (Å²) in [4.78, 5) is 18.9. The Labute approximate surface area is 138 Å². The minimum absolute atomic E-state index is 0.163. The first-order valence-corrected chi connectivity index (χ1v) is 8.77. The van der Waals surface area contributed by atoms with Gasteiger partial charge in [-0.2, -0.15) is 0 Å². The highest BCUT2D eigenvalue weighted by Crippen LogP contribution is 2.23. The van der Waals surface area contributed by atoms with Crippen LogP contribution < -0.4 is 10.1 Å². The Kier molecular flexibility index (Phi) is 5.49. The number of hydrogen-bond donors (Lipinski definition) is 1. The quantitative estimate of drug-likeness (QED) is 0.925. The number of aromatic nitrogens is 1. The van der Waals surface area contributed by atoms with E-state index in [2.05, 4.69) is 22.2 Å². The SMILES string of the molecule is CN1CCCC(C(=O)NC2CCC(Oc3ccccn3)CC2)C1. The Bertz CT molecular complexity index is 500. The van der Waals surface area contributed by atoms with Crippen LogP contribution in [-0.4, -0.2) is 48.1 Å². The largest absolute Gasteiger partial charge is 0.474 e. The van der Waals surface area contributed by atoms with Gasteiger partial charge in [-0.05, 0) is 58.2 Å². The van der Waals surface area contributed by atoms with Crippen molar-refractivity contribution in [2.24, 2.45) is 5.92 Å². The summed E-state index contributed by atoms with van der Waals surface area (Å²) in [6.07, 6.45) is 8.06. The Morgan fingerprint density at radius 1 is 1.26 bits per heavy atom. The predicted octanol–water partition coefficient (Wildman–Crippen LogP) is 2.23. The highest BCUT2D eigenvalue weighted by atomic mass is 16.5. The van der Waals surface area contributed by atoms with Crippen molar-refractivity contribution in [2.75, 3.05) is 20.1 Å². The van der Waals surface area contributed by atoms with Gasteiger partial charge >= 0.3 is 0 Å². The van der Waals surface area contributed by atoms with Gasteiger partial charge in [-0.15, -0.1) is 0 Å². The van der Waals surface area contributed by atoms with E-state index in [1.165, 1.54) is 0 Å². The lowest BCUT2D eigenvalue weighted by Crippen LogP contribution is -2.46. The van der Waals surface area contributed by atoms with E-state index in [0.717, 1.165) is 51.6 Å². The maximum Gasteiger partial charge on any atom is 0.224 e. The molecule has 2 fully saturated rings. The van der Waals surface area contributed by atoms with E-state index in [9.17, 15) is 4.79 Å². The molecule has 5 heteroatoms. The van der Waals surface area contributed by atoms with Crippen LogP contribution in [0.3, 0.4) is 0 Å². The third kappa shape index (κ3) is 4.67. The van der Waals surface area contributed by atoms with Crippen LogP contribution >= 0.6 is 0 Å². The number of amides is 1. The Morgan fingerprint density at radius 3 is 2.78 bits per heavy atom. The van der Waals surface area contributed by atoms with Gasteiger partial charge in [0.15, 0.2) is 0 Å². The van der Waals surface area contributed by atoms with Gasteiger partial charge in [-0.3, -0.25) is 4.79 Å². The van der Waals surface area contributed by atoms with Crippen LogP contribution in [0.4, 0.5) is 0 Å². The minimum atomic E-state index is 0.163. The molecule has 1 aromatic heterocycles.